The largest absolute Gasteiger partial charge is 0.505 e. The quantitative estimate of drug-likeness (QED) is 0.782. The zero-order chi connectivity index (χ0) is 14.4. The van der Waals surface area contributed by atoms with Gasteiger partial charge < -0.3 is 14.6 Å². The number of phenols is 1. The van der Waals surface area contributed by atoms with Crippen molar-refractivity contribution in [3.8, 4) is 22.9 Å². The molecule has 0 saturated carbocycles. The van der Waals surface area contributed by atoms with E-state index in [0.717, 1.165) is 23.0 Å². The Balaban J connectivity index is 1.91. The highest BCUT2D eigenvalue weighted by Gasteiger charge is 2.19. The maximum Gasteiger partial charge on any atom is 0.231 e. The lowest BCUT2D eigenvalue weighted by atomic mass is 10.1. The molecule has 2 aromatic carbocycles. The molecule has 6 heteroatoms. The lowest BCUT2D eigenvalue weighted by molar-refractivity contribution is 0.174. The number of aromatic nitrogens is 3. The summed E-state index contributed by atoms with van der Waals surface area (Å²) in [5.74, 6) is 1.17. The maximum absolute atomic E-state index is 10.1. The van der Waals surface area contributed by atoms with Crippen molar-refractivity contribution in [2.24, 2.45) is 0 Å². The van der Waals surface area contributed by atoms with Gasteiger partial charge in [-0.3, -0.25) is 0 Å². The summed E-state index contributed by atoms with van der Waals surface area (Å²) >= 11 is 0. The molecule has 0 fully saturated rings. The second-order valence-corrected chi connectivity index (χ2v) is 4.82. The monoisotopic (exact) mass is 283 g/mol. The van der Waals surface area contributed by atoms with Crippen molar-refractivity contribution in [3.05, 3.63) is 35.9 Å². The molecule has 0 unspecified atom stereocenters. The molecule has 0 atom stereocenters. The summed E-state index contributed by atoms with van der Waals surface area (Å²) in [6, 6.07) is 9.09. The van der Waals surface area contributed by atoms with E-state index in [1.165, 1.54) is 10.9 Å². The minimum Gasteiger partial charge on any atom is -0.505 e. The number of phenolic OH excluding ortho intramolecular Hbond substituents is 1. The fourth-order valence-corrected chi connectivity index (χ4v) is 2.47. The van der Waals surface area contributed by atoms with E-state index in [9.17, 15) is 5.11 Å². The molecule has 106 valence electrons. The number of ether oxygens (including phenoxy) is 2. The summed E-state index contributed by atoms with van der Waals surface area (Å²) in [6.45, 7) is 2.23. The van der Waals surface area contributed by atoms with E-state index in [4.69, 9.17) is 9.47 Å². The van der Waals surface area contributed by atoms with Crippen molar-refractivity contribution < 1.29 is 14.6 Å². The highest BCUT2D eigenvalue weighted by Crippen LogP contribution is 2.39. The third kappa shape index (κ3) is 1.79. The Morgan fingerprint density at radius 1 is 1.19 bits per heavy atom. The van der Waals surface area contributed by atoms with E-state index >= 15 is 0 Å². The standard InChI is InChI=1S/C15H13N3O3/c1-2-9-4-3-5-10-15(9)17-18(16-10)11-6-13-14(7-12(11)19)21-8-20-13/h3-7,19H,2,8H2,1H3. The first-order valence-electron chi connectivity index (χ1n) is 6.74. The van der Waals surface area contributed by atoms with Crippen LogP contribution in [0.2, 0.25) is 0 Å². The fourth-order valence-electron chi connectivity index (χ4n) is 2.47. The molecular formula is C15H13N3O3. The Kier molecular flexibility index (Phi) is 2.50. The van der Waals surface area contributed by atoms with Crippen molar-refractivity contribution in [2.75, 3.05) is 6.79 Å². The van der Waals surface area contributed by atoms with Crippen LogP contribution in [0.1, 0.15) is 12.5 Å². The summed E-state index contributed by atoms with van der Waals surface area (Å²) in [6.07, 6.45) is 0.878. The Morgan fingerprint density at radius 2 is 2.00 bits per heavy atom. The van der Waals surface area contributed by atoms with Crippen LogP contribution in [-0.2, 0) is 6.42 Å². The number of aryl methyl sites for hydroxylation is 1. The molecular weight excluding hydrogens is 270 g/mol. The Hall–Kier alpha value is -2.76. The molecule has 1 aliphatic rings. The third-order valence-electron chi connectivity index (χ3n) is 3.56. The first-order valence-corrected chi connectivity index (χ1v) is 6.74. The summed E-state index contributed by atoms with van der Waals surface area (Å²) in [5, 5.41) is 19.1. The third-order valence-corrected chi connectivity index (χ3v) is 3.56. The fraction of sp³-hybridized carbons (Fsp3) is 0.200. The molecule has 0 amide bonds. The molecule has 1 aliphatic heterocycles. The van der Waals surface area contributed by atoms with Crippen LogP contribution in [0.25, 0.3) is 16.7 Å². The first kappa shape index (κ1) is 12.0. The summed E-state index contributed by atoms with van der Waals surface area (Å²) < 4.78 is 10.6. The van der Waals surface area contributed by atoms with E-state index in [1.807, 2.05) is 18.2 Å². The average Bonchev–Trinajstić information content (AvgIpc) is 3.11. The molecule has 0 radical (unpaired) electrons. The topological polar surface area (TPSA) is 69.4 Å². The van der Waals surface area contributed by atoms with E-state index in [0.29, 0.717) is 17.2 Å². The number of benzene rings is 2. The maximum atomic E-state index is 10.1. The van der Waals surface area contributed by atoms with Gasteiger partial charge in [-0.25, -0.2) is 0 Å². The normalized spacial score (nSPS) is 13.0. The molecule has 0 aliphatic carbocycles. The Labute approximate surface area is 120 Å². The molecule has 2 heterocycles. The first-order chi connectivity index (χ1) is 10.3. The summed E-state index contributed by atoms with van der Waals surface area (Å²) in [5.41, 5.74) is 3.24. The molecule has 0 saturated heterocycles. The van der Waals surface area contributed by atoms with Gasteiger partial charge in [-0.05, 0) is 18.1 Å². The number of fused-ring (bicyclic) bond motifs is 2. The van der Waals surface area contributed by atoms with Gasteiger partial charge in [0, 0.05) is 12.1 Å². The Morgan fingerprint density at radius 3 is 2.81 bits per heavy atom. The van der Waals surface area contributed by atoms with Gasteiger partial charge in [-0.15, -0.1) is 15.0 Å². The molecule has 3 aromatic rings. The van der Waals surface area contributed by atoms with Crippen molar-refractivity contribution in [2.45, 2.75) is 13.3 Å². The average molecular weight is 283 g/mol. The van der Waals surface area contributed by atoms with Gasteiger partial charge in [0.15, 0.2) is 11.5 Å². The molecule has 1 N–H and O–H groups in total. The van der Waals surface area contributed by atoms with Crippen molar-refractivity contribution in [1.82, 2.24) is 15.0 Å². The summed E-state index contributed by atoms with van der Waals surface area (Å²) in [7, 11) is 0. The Bertz CT molecular complexity index is 842. The van der Waals surface area contributed by atoms with Crippen LogP contribution in [0.3, 0.4) is 0 Å². The molecule has 6 nitrogen and oxygen atoms in total. The predicted molar refractivity (Wildman–Crippen MR) is 76.0 cm³/mol. The lowest BCUT2D eigenvalue weighted by Crippen LogP contribution is -1.99. The lowest BCUT2D eigenvalue weighted by Gasteiger charge is -2.04. The number of hydrogen-bond donors (Lipinski definition) is 1. The van der Waals surface area contributed by atoms with E-state index in [2.05, 4.69) is 17.1 Å². The zero-order valence-electron chi connectivity index (χ0n) is 11.4. The van der Waals surface area contributed by atoms with Crippen molar-refractivity contribution >= 4 is 11.0 Å². The zero-order valence-corrected chi connectivity index (χ0v) is 11.4. The van der Waals surface area contributed by atoms with Crippen LogP contribution in [0.15, 0.2) is 30.3 Å². The van der Waals surface area contributed by atoms with E-state index in [-0.39, 0.29) is 12.5 Å². The van der Waals surface area contributed by atoms with Crippen molar-refractivity contribution in [3.63, 3.8) is 0 Å². The van der Waals surface area contributed by atoms with Gasteiger partial charge in [0.05, 0.1) is 0 Å². The van der Waals surface area contributed by atoms with Crippen LogP contribution >= 0.6 is 0 Å². The molecule has 21 heavy (non-hydrogen) atoms. The van der Waals surface area contributed by atoms with Gasteiger partial charge in [0.25, 0.3) is 0 Å². The van der Waals surface area contributed by atoms with Gasteiger partial charge >= 0.3 is 0 Å². The minimum atomic E-state index is 0.0533. The number of rotatable bonds is 2. The molecule has 0 bridgehead atoms. The van der Waals surface area contributed by atoms with Crippen LogP contribution in [0.5, 0.6) is 17.2 Å². The van der Waals surface area contributed by atoms with Crippen molar-refractivity contribution in [1.29, 1.82) is 0 Å². The SMILES string of the molecule is CCc1cccc2nn(-c3cc4c(cc3O)OCO4)nc12. The van der Waals surface area contributed by atoms with Crippen LogP contribution < -0.4 is 9.47 Å². The number of hydrogen-bond acceptors (Lipinski definition) is 5. The molecule has 4 rings (SSSR count). The second kappa shape index (κ2) is 4.37. The van der Waals surface area contributed by atoms with Crippen LogP contribution in [0, 0.1) is 0 Å². The number of aromatic hydroxyl groups is 1. The van der Waals surface area contributed by atoms with Crippen LogP contribution in [-0.4, -0.2) is 26.9 Å². The predicted octanol–water partition coefficient (Wildman–Crippen LogP) is 2.42. The van der Waals surface area contributed by atoms with Gasteiger partial charge in [0.1, 0.15) is 22.5 Å². The number of nitrogens with zero attached hydrogens (tertiary/aromatic N) is 3. The van der Waals surface area contributed by atoms with Gasteiger partial charge in [-0.2, -0.15) is 0 Å². The summed E-state index contributed by atoms with van der Waals surface area (Å²) in [4.78, 5) is 1.43. The second-order valence-electron chi connectivity index (χ2n) is 4.82. The van der Waals surface area contributed by atoms with E-state index in [1.54, 1.807) is 6.07 Å². The van der Waals surface area contributed by atoms with E-state index < -0.39 is 0 Å². The highest BCUT2D eigenvalue weighted by molar-refractivity contribution is 5.78. The van der Waals surface area contributed by atoms with Gasteiger partial charge in [-0.1, -0.05) is 19.1 Å². The smallest absolute Gasteiger partial charge is 0.231 e. The molecule has 1 aromatic heterocycles. The van der Waals surface area contributed by atoms with Gasteiger partial charge in [0.2, 0.25) is 6.79 Å². The molecule has 0 spiro atoms. The van der Waals surface area contributed by atoms with Crippen LogP contribution in [0.4, 0.5) is 0 Å². The minimum absolute atomic E-state index is 0.0533. The highest BCUT2D eigenvalue weighted by atomic mass is 16.7.